The molecule has 0 spiro atoms. The van der Waals surface area contributed by atoms with Crippen LogP contribution in [-0.2, 0) is 17.8 Å². The first kappa shape index (κ1) is 29.4. The number of carbonyl (C=O) groups excluding carboxylic acids is 2. The van der Waals surface area contributed by atoms with Gasteiger partial charge in [0.1, 0.15) is 5.69 Å². The van der Waals surface area contributed by atoms with Crippen LogP contribution in [0.5, 0.6) is 0 Å². The number of benzene rings is 2. The fraction of sp³-hybridized carbons (Fsp3) is 0.455. The Morgan fingerprint density at radius 3 is 2.42 bits per heavy atom. The Labute approximate surface area is 238 Å². The van der Waals surface area contributed by atoms with Crippen LogP contribution in [-0.4, -0.2) is 51.2 Å². The fourth-order valence-electron chi connectivity index (χ4n) is 5.23. The van der Waals surface area contributed by atoms with E-state index in [1.54, 1.807) is 30.3 Å². The van der Waals surface area contributed by atoms with Gasteiger partial charge in [0.2, 0.25) is 5.91 Å². The van der Waals surface area contributed by atoms with E-state index >= 15 is 0 Å². The van der Waals surface area contributed by atoms with E-state index in [9.17, 15) is 9.59 Å². The van der Waals surface area contributed by atoms with E-state index in [1.807, 2.05) is 10.9 Å². The average Bonchev–Trinajstić information content (AvgIpc) is 3.43. The lowest BCUT2D eigenvalue weighted by Gasteiger charge is -2.31. The van der Waals surface area contributed by atoms with Crippen molar-refractivity contribution < 1.29 is 9.59 Å². The quantitative estimate of drug-likeness (QED) is 0.136. The van der Waals surface area contributed by atoms with Gasteiger partial charge in [-0.05, 0) is 86.7 Å². The first-order valence-electron chi connectivity index (χ1n) is 14.9. The van der Waals surface area contributed by atoms with Crippen LogP contribution in [0.15, 0.2) is 66.9 Å². The molecule has 7 heteroatoms. The summed E-state index contributed by atoms with van der Waals surface area (Å²) in [5, 5.41) is 11.3. The molecule has 1 N–H and O–H groups in total. The molecule has 0 atom stereocenters. The standard InChI is InChI=1S/C33H43N5O2/c1-2-3-4-5-6-10-21-38-25-31(35-36-38)17-18-32(39)29-13-15-30(16-14-29)34-33(40)26-37-22-19-28(20-23-37)24-27-11-8-7-9-12-27/h7-9,11-18,25,28H,2-6,10,19-24,26H2,1H3,(H,34,40)/b18-17+. The van der Waals surface area contributed by atoms with E-state index in [0.29, 0.717) is 29.4 Å². The number of rotatable bonds is 15. The molecule has 2 heterocycles. The summed E-state index contributed by atoms with van der Waals surface area (Å²) in [5.41, 5.74) is 3.33. The topological polar surface area (TPSA) is 80.1 Å². The number of carbonyl (C=O) groups is 2. The van der Waals surface area contributed by atoms with E-state index < -0.39 is 0 Å². The van der Waals surface area contributed by atoms with Gasteiger partial charge in [-0.2, -0.15) is 0 Å². The summed E-state index contributed by atoms with van der Waals surface area (Å²) in [7, 11) is 0. The third kappa shape index (κ3) is 9.87. The van der Waals surface area contributed by atoms with Crippen molar-refractivity contribution in [3.63, 3.8) is 0 Å². The van der Waals surface area contributed by atoms with Crippen LogP contribution < -0.4 is 5.32 Å². The maximum absolute atomic E-state index is 12.6. The van der Waals surface area contributed by atoms with Crippen molar-refractivity contribution in [2.75, 3.05) is 25.0 Å². The highest BCUT2D eigenvalue weighted by atomic mass is 16.2. The van der Waals surface area contributed by atoms with Crippen LogP contribution in [0.3, 0.4) is 0 Å². The van der Waals surface area contributed by atoms with Crippen LogP contribution in [0.2, 0.25) is 0 Å². The minimum absolute atomic E-state index is 0.0236. The van der Waals surface area contributed by atoms with Crippen LogP contribution in [0.1, 0.15) is 79.9 Å². The monoisotopic (exact) mass is 541 g/mol. The number of amides is 1. The van der Waals surface area contributed by atoms with Crippen LogP contribution in [0.25, 0.3) is 6.08 Å². The third-order valence-electron chi connectivity index (χ3n) is 7.60. The van der Waals surface area contributed by atoms with E-state index in [2.05, 4.69) is 57.8 Å². The van der Waals surface area contributed by atoms with E-state index in [0.717, 1.165) is 45.3 Å². The maximum Gasteiger partial charge on any atom is 0.238 e. The summed E-state index contributed by atoms with van der Waals surface area (Å²) in [6, 6.07) is 17.7. The number of nitrogens with one attached hydrogen (secondary N) is 1. The smallest absolute Gasteiger partial charge is 0.238 e. The second kappa shape index (κ2) is 15.9. The molecule has 0 bridgehead atoms. The summed E-state index contributed by atoms with van der Waals surface area (Å²) < 4.78 is 1.84. The zero-order valence-corrected chi connectivity index (χ0v) is 23.8. The van der Waals surface area contributed by atoms with Crippen LogP contribution in [0, 0.1) is 5.92 Å². The van der Waals surface area contributed by atoms with E-state index in [4.69, 9.17) is 0 Å². The number of allylic oxidation sites excluding steroid dienone is 1. The van der Waals surface area contributed by atoms with Gasteiger partial charge in [0.25, 0.3) is 0 Å². The number of hydrogen-bond donors (Lipinski definition) is 1. The molecule has 212 valence electrons. The normalized spacial score (nSPS) is 14.5. The molecule has 0 aliphatic carbocycles. The molecular formula is C33H43N5O2. The van der Waals surface area contributed by atoms with Gasteiger partial charge >= 0.3 is 0 Å². The Hall–Kier alpha value is -3.58. The van der Waals surface area contributed by atoms with E-state index in [1.165, 1.54) is 43.7 Å². The van der Waals surface area contributed by atoms with Crippen molar-refractivity contribution in [2.24, 2.45) is 5.92 Å². The molecule has 0 unspecified atom stereocenters. The molecule has 2 aromatic carbocycles. The van der Waals surface area contributed by atoms with Crippen molar-refractivity contribution in [1.29, 1.82) is 0 Å². The Bertz CT molecular complexity index is 1210. The minimum Gasteiger partial charge on any atom is -0.325 e. The minimum atomic E-state index is -0.110. The van der Waals surface area contributed by atoms with Gasteiger partial charge in [0.05, 0.1) is 12.7 Å². The number of unbranched alkanes of at least 4 members (excludes halogenated alkanes) is 5. The van der Waals surface area contributed by atoms with Crippen LogP contribution in [0.4, 0.5) is 5.69 Å². The second-order valence-corrected chi connectivity index (χ2v) is 10.9. The molecule has 7 nitrogen and oxygen atoms in total. The molecule has 0 radical (unpaired) electrons. The first-order chi connectivity index (χ1) is 19.6. The number of ketones is 1. The van der Waals surface area contributed by atoms with Crippen molar-refractivity contribution >= 4 is 23.5 Å². The van der Waals surface area contributed by atoms with Gasteiger partial charge in [-0.1, -0.05) is 74.6 Å². The lowest BCUT2D eigenvalue weighted by Crippen LogP contribution is -2.39. The Morgan fingerprint density at radius 1 is 0.950 bits per heavy atom. The van der Waals surface area contributed by atoms with Gasteiger partial charge in [-0.15, -0.1) is 5.10 Å². The number of anilines is 1. The summed E-state index contributed by atoms with van der Waals surface area (Å²) in [5.74, 6) is 0.546. The highest BCUT2D eigenvalue weighted by Crippen LogP contribution is 2.21. The molecule has 1 aromatic heterocycles. The number of aromatic nitrogens is 3. The van der Waals surface area contributed by atoms with Gasteiger partial charge in [0.15, 0.2) is 5.78 Å². The Kier molecular flexibility index (Phi) is 11.7. The number of nitrogens with zero attached hydrogens (tertiary/aromatic N) is 4. The number of likely N-dealkylation sites (tertiary alicyclic amines) is 1. The molecule has 1 saturated heterocycles. The van der Waals surface area contributed by atoms with Crippen molar-refractivity contribution in [1.82, 2.24) is 19.9 Å². The molecular weight excluding hydrogens is 498 g/mol. The molecule has 1 aliphatic rings. The zero-order chi connectivity index (χ0) is 28.0. The van der Waals surface area contributed by atoms with Gasteiger partial charge in [-0.3, -0.25) is 19.2 Å². The SMILES string of the molecule is CCCCCCCCn1cc(/C=C/C(=O)c2ccc(NC(=O)CN3CCC(Cc4ccccc4)CC3)cc2)nn1. The lowest BCUT2D eigenvalue weighted by atomic mass is 9.90. The summed E-state index contributed by atoms with van der Waals surface area (Å²) in [6.07, 6.45) is 15.9. The molecule has 1 aliphatic heterocycles. The molecule has 4 rings (SSSR count). The third-order valence-corrected chi connectivity index (χ3v) is 7.60. The molecule has 40 heavy (non-hydrogen) atoms. The Morgan fingerprint density at radius 2 is 1.68 bits per heavy atom. The Balaban J connectivity index is 1.15. The van der Waals surface area contributed by atoms with Crippen molar-refractivity contribution in [3.8, 4) is 0 Å². The predicted octanol–water partition coefficient (Wildman–Crippen LogP) is 6.43. The molecule has 0 saturated carbocycles. The first-order valence-corrected chi connectivity index (χ1v) is 14.9. The van der Waals surface area contributed by atoms with Crippen molar-refractivity contribution in [2.45, 2.75) is 71.3 Å². The maximum atomic E-state index is 12.6. The predicted molar refractivity (Wildman–Crippen MR) is 161 cm³/mol. The molecule has 3 aromatic rings. The lowest BCUT2D eigenvalue weighted by molar-refractivity contribution is -0.117. The fourth-order valence-corrected chi connectivity index (χ4v) is 5.23. The number of hydrogen-bond acceptors (Lipinski definition) is 5. The van der Waals surface area contributed by atoms with Crippen LogP contribution >= 0.6 is 0 Å². The van der Waals surface area contributed by atoms with Crippen molar-refractivity contribution in [3.05, 3.63) is 83.7 Å². The molecule has 1 amide bonds. The molecule has 1 fully saturated rings. The van der Waals surface area contributed by atoms with Gasteiger partial charge in [-0.25, -0.2) is 0 Å². The van der Waals surface area contributed by atoms with Gasteiger partial charge < -0.3 is 5.32 Å². The zero-order valence-electron chi connectivity index (χ0n) is 23.8. The van der Waals surface area contributed by atoms with Gasteiger partial charge in [0, 0.05) is 17.8 Å². The summed E-state index contributed by atoms with van der Waals surface area (Å²) in [6.45, 7) is 5.35. The highest BCUT2D eigenvalue weighted by molar-refractivity contribution is 6.07. The highest BCUT2D eigenvalue weighted by Gasteiger charge is 2.21. The number of piperidine rings is 1. The summed E-state index contributed by atoms with van der Waals surface area (Å²) in [4.78, 5) is 27.5. The second-order valence-electron chi connectivity index (χ2n) is 10.9. The number of aryl methyl sites for hydroxylation is 1. The largest absolute Gasteiger partial charge is 0.325 e. The summed E-state index contributed by atoms with van der Waals surface area (Å²) >= 11 is 0. The van der Waals surface area contributed by atoms with E-state index in [-0.39, 0.29) is 11.7 Å². The average molecular weight is 542 g/mol.